The molecule has 1 amide bonds. The summed E-state index contributed by atoms with van der Waals surface area (Å²) < 4.78 is 7.33. The molecule has 36 heavy (non-hydrogen) atoms. The number of hydrogen-bond acceptors (Lipinski definition) is 4. The Kier molecular flexibility index (Phi) is 5.67. The van der Waals surface area contributed by atoms with Gasteiger partial charge in [0.25, 0.3) is 11.7 Å². The molecule has 0 radical (unpaired) electrons. The molecule has 0 spiro atoms. The van der Waals surface area contributed by atoms with Gasteiger partial charge in [-0.05, 0) is 73.9 Å². The second-order valence-corrected chi connectivity index (χ2v) is 9.41. The standard InChI is InChI=1S/C30H28N2O4/c1-17-12-18(2)14-21(13-17)32-27(23-16-31(4)24-9-7-6-8-22(23)24)26(29(34)30(32)35)28(33)20-10-11-25(36-5)19(3)15-20/h6-16,27,33H,1-5H3/b28-26+. The van der Waals surface area contributed by atoms with E-state index in [9.17, 15) is 14.7 Å². The molecule has 1 N–H and O–H groups in total. The SMILES string of the molecule is COc1ccc(/C(O)=C2\C(=O)C(=O)N(c3cc(C)cc(C)c3)C2c2cn(C)c3ccccc23)cc1C. The zero-order valence-corrected chi connectivity index (χ0v) is 21.0. The molecule has 1 aliphatic rings. The molecule has 182 valence electrons. The number of fused-ring (bicyclic) bond motifs is 1. The van der Waals surface area contributed by atoms with E-state index in [-0.39, 0.29) is 11.3 Å². The molecule has 1 saturated heterocycles. The van der Waals surface area contributed by atoms with Crippen molar-refractivity contribution in [2.24, 2.45) is 7.05 Å². The fraction of sp³-hybridized carbons (Fsp3) is 0.200. The maximum absolute atomic E-state index is 13.6. The van der Waals surface area contributed by atoms with Crippen LogP contribution in [0, 0.1) is 20.8 Å². The molecule has 0 bridgehead atoms. The largest absolute Gasteiger partial charge is 0.507 e. The topological polar surface area (TPSA) is 71.8 Å². The van der Waals surface area contributed by atoms with Gasteiger partial charge in [-0.1, -0.05) is 24.3 Å². The zero-order valence-electron chi connectivity index (χ0n) is 21.0. The van der Waals surface area contributed by atoms with Crippen LogP contribution in [0.2, 0.25) is 0 Å². The number of para-hydroxylation sites is 1. The summed E-state index contributed by atoms with van der Waals surface area (Å²) in [6, 6.07) is 18.1. The van der Waals surface area contributed by atoms with Gasteiger partial charge in [-0.25, -0.2) is 0 Å². The number of aliphatic hydroxyl groups excluding tert-OH is 1. The van der Waals surface area contributed by atoms with E-state index in [2.05, 4.69) is 0 Å². The molecule has 1 unspecified atom stereocenters. The maximum atomic E-state index is 13.6. The molecule has 6 nitrogen and oxygen atoms in total. The first-order valence-corrected chi connectivity index (χ1v) is 11.8. The van der Waals surface area contributed by atoms with Gasteiger partial charge in [-0.15, -0.1) is 0 Å². The van der Waals surface area contributed by atoms with Gasteiger partial charge in [-0.2, -0.15) is 0 Å². The number of ether oxygens (including phenoxy) is 1. The van der Waals surface area contributed by atoms with Crippen molar-refractivity contribution in [2.75, 3.05) is 12.0 Å². The van der Waals surface area contributed by atoms with Crippen LogP contribution in [0.25, 0.3) is 16.7 Å². The molecule has 4 aromatic rings. The van der Waals surface area contributed by atoms with Crippen molar-refractivity contribution in [1.29, 1.82) is 0 Å². The Labute approximate surface area is 210 Å². The molecule has 1 fully saturated rings. The summed E-state index contributed by atoms with van der Waals surface area (Å²) in [5.74, 6) is -0.903. The summed E-state index contributed by atoms with van der Waals surface area (Å²) in [4.78, 5) is 28.7. The number of nitrogens with zero attached hydrogens (tertiary/aromatic N) is 2. The lowest BCUT2D eigenvalue weighted by molar-refractivity contribution is -0.132. The van der Waals surface area contributed by atoms with Crippen LogP contribution in [-0.4, -0.2) is 28.5 Å². The summed E-state index contributed by atoms with van der Waals surface area (Å²) in [7, 11) is 3.51. The van der Waals surface area contributed by atoms with Crippen molar-refractivity contribution in [3.05, 3.63) is 100 Å². The average molecular weight is 481 g/mol. The quantitative estimate of drug-likeness (QED) is 0.230. The third-order valence-corrected chi connectivity index (χ3v) is 6.82. The number of Topliss-reactive ketones (excluding diaryl/α,β-unsaturated/α-hetero) is 1. The highest BCUT2D eigenvalue weighted by Gasteiger charge is 2.48. The van der Waals surface area contributed by atoms with Crippen LogP contribution in [0.1, 0.15) is 33.9 Å². The van der Waals surface area contributed by atoms with Crippen LogP contribution in [0.15, 0.2) is 72.4 Å². The van der Waals surface area contributed by atoms with Gasteiger partial charge >= 0.3 is 0 Å². The minimum Gasteiger partial charge on any atom is -0.507 e. The molecule has 1 atom stereocenters. The number of aliphatic hydroxyl groups is 1. The Bertz CT molecular complexity index is 1560. The molecule has 1 aromatic heterocycles. The van der Waals surface area contributed by atoms with E-state index in [4.69, 9.17) is 4.74 Å². The minimum atomic E-state index is -0.792. The van der Waals surface area contributed by atoms with Gasteiger partial charge < -0.3 is 14.4 Å². The molecule has 5 rings (SSSR count). The molecule has 0 aliphatic carbocycles. The molecule has 6 heteroatoms. The van der Waals surface area contributed by atoms with Crippen molar-refractivity contribution < 1.29 is 19.4 Å². The number of carbonyl (C=O) groups excluding carboxylic acids is 2. The van der Waals surface area contributed by atoms with Crippen molar-refractivity contribution >= 4 is 34.0 Å². The Morgan fingerprint density at radius 1 is 0.944 bits per heavy atom. The molecule has 3 aromatic carbocycles. The summed E-state index contributed by atoms with van der Waals surface area (Å²) in [6.07, 6.45) is 1.93. The van der Waals surface area contributed by atoms with E-state index >= 15 is 0 Å². The van der Waals surface area contributed by atoms with Crippen LogP contribution in [0.3, 0.4) is 0 Å². The predicted molar refractivity (Wildman–Crippen MR) is 141 cm³/mol. The molecule has 1 aliphatic heterocycles. The number of aromatic nitrogens is 1. The Morgan fingerprint density at radius 3 is 2.31 bits per heavy atom. The molecule has 0 saturated carbocycles. The lowest BCUT2D eigenvalue weighted by Crippen LogP contribution is -2.29. The summed E-state index contributed by atoms with van der Waals surface area (Å²) in [5.41, 5.74) is 5.67. The Morgan fingerprint density at radius 2 is 1.64 bits per heavy atom. The number of rotatable bonds is 4. The predicted octanol–water partition coefficient (Wildman–Crippen LogP) is 5.74. The second-order valence-electron chi connectivity index (χ2n) is 9.41. The first-order valence-electron chi connectivity index (χ1n) is 11.8. The average Bonchev–Trinajstić information content (AvgIpc) is 3.31. The van der Waals surface area contributed by atoms with E-state index in [0.29, 0.717) is 17.0 Å². The van der Waals surface area contributed by atoms with Gasteiger partial charge in [0.2, 0.25) is 0 Å². The zero-order chi connectivity index (χ0) is 25.7. The Balaban J connectivity index is 1.81. The fourth-order valence-electron chi connectivity index (χ4n) is 5.25. The highest BCUT2D eigenvalue weighted by molar-refractivity contribution is 6.52. The number of amides is 1. The summed E-state index contributed by atoms with van der Waals surface area (Å²) in [6.45, 7) is 5.78. The smallest absolute Gasteiger partial charge is 0.300 e. The van der Waals surface area contributed by atoms with Gasteiger partial charge in [0.05, 0.1) is 18.7 Å². The molecular weight excluding hydrogens is 452 g/mol. The molecular formula is C30H28N2O4. The van der Waals surface area contributed by atoms with Gasteiger partial charge in [0.1, 0.15) is 11.5 Å². The van der Waals surface area contributed by atoms with Crippen LogP contribution in [-0.2, 0) is 16.6 Å². The number of anilines is 1. The van der Waals surface area contributed by atoms with Crippen LogP contribution >= 0.6 is 0 Å². The highest BCUT2D eigenvalue weighted by atomic mass is 16.5. The molecule has 2 heterocycles. The minimum absolute atomic E-state index is 0.0695. The van der Waals surface area contributed by atoms with E-state index in [0.717, 1.165) is 33.2 Å². The summed E-state index contributed by atoms with van der Waals surface area (Å²) >= 11 is 0. The highest BCUT2D eigenvalue weighted by Crippen LogP contribution is 2.45. The van der Waals surface area contributed by atoms with E-state index in [1.165, 1.54) is 4.90 Å². The van der Waals surface area contributed by atoms with Crippen LogP contribution in [0.4, 0.5) is 5.69 Å². The first kappa shape index (κ1) is 23.4. The number of ketones is 1. The number of aryl methyl sites for hydroxylation is 4. The van der Waals surface area contributed by atoms with Crippen molar-refractivity contribution in [3.8, 4) is 5.75 Å². The Hall–Kier alpha value is -4.32. The van der Waals surface area contributed by atoms with Crippen LogP contribution < -0.4 is 9.64 Å². The maximum Gasteiger partial charge on any atom is 0.300 e. The number of benzene rings is 3. The van der Waals surface area contributed by atoms with Crippen molar-refractivity contribution in [2.45, 2.75) is 26.8 Å². The lowest BCUT2D eigenvalue weighted by Gasteiger charge is -2.26. The van der Waals surface area contributed by atoms with Gasteiger partial charge in [-0.3, -0.25) is 14.5 Å². The summed E-state index contributed by atoms with van der Waals surface area (Å²) in [5, 5.41) is 12.4. The fourth-order valence-corrected chi connectivity index (χ4v) is 5.25. The third kappa shape index (κ3) is 3.66. The van der Waals surface area contributed by atoms with Crippen LogP contribution in [0.5, 0.6) is 5.75 Å². The monoisotopic (exact) mass is 480 g/mol. The van der Waals surface area contributed by atoms with Gasteiger partial charge in [0.15, 0.2) is 0 Å². The van der Waals surface area contributed by atoms with E-state index in [1.807, 2.05) is 81.0 Å². The number of hydrogen-bond donors (Lipinski definition) is 1. The number of carbonyl (C=O) groups is 2. The normalized spacial score (nSPS) is 17.2. The second kappa shape index (κ2) is 8.72. The van der Waals surface area contributed by atoms with Gasteiger partial charge in [0, 0.05) is 41.0 Å². The van der Waals surface area contributed by atoms with E-state index < -0.39 is 17.7 Å². The number of methoxy groups -OCH3 is 1. The van der Waals surface area contributed by atoms with Crippen molar-refractivity contribution in [1.82, 2.24) is 4.57 Å². The van der Waals surface area contributed by atoms with E-state index in [1.54, 1.807) is 25.3 Å². The third-order valence-electron chi connectivity index (χ3n) is 6.82. The lowest BCUT2D eigenvalue weighted by atomic mass is 9.94. The van der Waals surface area contributed by atoms with Crippen molar-refractivity contribution in [3.63, 3.8) is 0 Å². The first-order chi connectivity index (χ1) is 17.2.